The summed E-state index contributed by atoms with van der Waals surface area (Å²) in [5.74, 6) is 0. The predicted octanol–water partition coefficient (Wildman–Crippen LogP) is 1.83. The van der Waals surface area contributed by atoms with Crippen LogP contribution in [0.1, 0.15) is 41.5 Å². The highest BCUT2D eigenvalue weighted by molar-refractivity contribution is 5.67. The summed E-state index contributed by atoms with van der Waals surface area (Å²) in [5.41, 5.74) is 2.08. The van der Waals surface area contributed by atoms with E-state index < -0.39 is 11.7 Å². The topological polar surface area (TPSA) is 59.6 Å². The van der Waals surface area contributed by atoms with Gasteiger partial charge in [-0.05, 0) is 41.5 Å². The van der Waals surface area contributed by atoms with E-state index in [4.69, 9.17) is 9.57 Å². The van der Waals surface area contributed by atoms with E-state index in [9.17, 15) is 4.79 Å². The highest BCUT2D eigenvalue weighted by atomic mass is 16.7. The second kappa shape index (κ2) is 6.06. The Morgan fingerprint density at radius 1 is 1.00 bits per heavy atom. The van der Waals surface area contributed by atoms with E-state index in [1.54, 1.807) is 0 Å². The van der Waals surface area contributed by atoms with Gasteiger partial charge in [-0.25, -0.2) is 10.3 Å². The summed E-state index contributed by atoms with van der Waals surface area (Å²) >= 11 is 0. The number of carbonyl (C=O) groups excluding carboxylic acids is 1. The highest BCUT2D eigenvalue weighted by Gasteiger charge is 2.15. The maximum atomic E-state index is 11.2. The first-order valence-corrected chi connectivity index (χ1v) is 5.48. The molecule has 0 aromatic rings. The van der Waals surface area contributed by atoms with Crippen molar-refractivity contribution in [2.45, 2.75) is 52.7 Å². The molecule has 0 saturated carbocycles. The molecule has 0 radical (unpaired) electrons. The molecule has 0 aliphatic rings. The Hall–Kier alpha value is -0.810. The number of alkyl carbamates (subject to hydrolysis) is 1. The zero-order chi connectivity index (χ0) is 12.8. The van der Waals surface area contributed by atoms with Crippen molar-refractivity contribution in [3.63, 3.8) is 0 Å². The Kier molecular flexibility index (Phi) is 5.75. The molecule has 0 aliphatic heterocycles. The van der Waals surface area contributed by atoms with Crippen LogP contribution in [-0.4, -0.2) is 30.4 Å². The summed E-state index contributed by atoms with van der Waals surface area (Å²) in [6.07, 6.45) is -0.412. The van der Waals surface area contributed by atoms with Crippen LogP contribution >= 0.6 is 0 Å². The first-order valence-electron chi connectivity index (χ1n) is 5.48. The van der Waals surface area contributed by atoms with E-state index in [0.717, 1.165) is 0 Å². The van der Waals surface area contributed by atoms with Crippen LogP contribution in [0.2, 0.25) is 0 Å². The van der Waals surface area contributed by atoms with Crippen LogP contribution in [-0.2, 0) is 9.57 Å². The molecule has 5 heteroatoms. The molecule has 0 aromatic carbocycles. The summed E-state index contributed by atoms with van der Waals surface area (Å²) in [4.78, 5) is 16.5. The minimum absolute atomic E-state index is 0.230. The average molecular weight is 232 g/mol. The Morgan fingerprint density at radius 2 is 1.56 bits per heavy atom. The fraction of sp³-hybridized carbons (Fsp3) is 0.909. The molecule has 0 aliphatic carbocycles. The number of nitrogens with one attached hydrogen (secondary N) is 2. The normalized spacial score (nSPS) is 12.4. The zero-order valence-electron chi connectivity index (χ0n) is 11.1. The lowest BCUT2D eigenvalue weighted by molar-refractivity contribution is -0.0715. The standard InChI is InChI=1S/C11H24N2O3/c1-10(2,3)15-9(14)12-7-8-13-16-11(4,5)6/h13H,7-8H2,1-6H3,(H,12,14). The molecular weight excluding hydrogens is 208 g/mol. The van der Waals surface area contributed by atoms with E-state index in [2.05, 4.69) is 10.8 Å². The average Bonchev–Trinajstić information content (AvgIpc) is 1.97. The van der Waals surface area contributed by atoms with Crippen molar-refractivity contribution in [2.75, 3.05) is 13.1 Å². The van der Waals surface area contributed by atoms with Gasteiger partial charge in [0.15, 0.2) is 0 Å². The summed E-state index contributed by atoms with van der Waals surface area (Å²) in [6.45, 7) is 12.3. The third-order valence-electron chi connectivity index (χ3n) is 1.27. The molecule has 1 amide bonds. The molecule has 0 atom stereocenters. The van der Waals surface area contributed by atoms with Crippen LogP contribution in [0.3, 0.4) is 0 Å². The van der Waals surface area contributed by atoms with E-state index in [1.165, 1.54) is 0 Å². The van der Waals surface area contributed by atoms with Gasteiger partial charge in [0.1, 0.15) is 5.60 Å². The van der Waals surface area contributed by atoms with Crippen molar-refractivity contribution >= 4 is 6.09 Å². The molecule has 0 heterocycles. The first kappa shape index (κ1) is 15.2. The van der Waals surface area contributed by atoms with Gasteiger partial charge in [-0.2, -0.15) is 0 Å². The number of amides is 1. The maximum absolute atomic E-state index is 11.2. The molecule has 0 aromatic heterocycles. The maximum Gasteiger partial charge on any atom is 0.407 e. The smallest absolute Gasteiger partial charge is 0.407 e. The molecule has 0 saturated heterocycles. The molecular formula is C11H24N2O3. The van der Waals surface area contributed by atoms with Crippen LogP contribution in [0.4, 0.5) is 4.79 Å². The number of hydrogen-bond donors (Lipinski definition) is 2. The molecule has 5 nitrogen and oxygen atoms in total. The first-order chi connectivity index (χ1) is 7.10. The largest absolute Gasteiger partial charge is 0.444 e. The van der Waals surface area contributed by atoms with Crippen molar-refractivity contribution in [3.05, 3.63) is 0 Å². The molecule has 0 rings (SSSR count). The van der Waals surface area contributed by atoms with E-state index in [1.807, 2.05) is 41.5 Å². The monoisotopic (exact) mass is 232 g/mol. The molecule has 16 heavy (non-hydrogen) atoms. The van der Waals surface area contributed by atoms with E-state index in [0.29, 0.717) is 13.1 Å². The molecule has 96 valence electrons. The minimum Gasteiger partial charge on any atom is -0.444 e. The summed E-state index contributed by atoms with van der Waals surface area (Å²) < 4.78 is 5.07. The molecule has 2 N–H and O–H groups in total. The van der Waals surface area contributed by atoms with E-state index in [-0.39, 0.29) is 5.60 Å². The number of hydrogen-bond acceptors (Lipinski definition) is 4. The predicted molar refractivity (Wildman–Crippen MR) is 63.1 cm³/mol. The summed E-state index contributed by atoms with van der Waals surface area (Å²) in [7, 11) is 0. The second-order valence-corrected chi connectivity index (χ2v) is 5.54. The lowest BCUT2D eigenvalue weighted by atomic mass is 10.2. The lowest BCUT2D eigenvalue weighted by Gasteiger charge is -2.21. The Labute approximate surface area is 97.8 Å². The summed E-state index contributed by atoms with van der Waals surface area (Å²) in [5, 5.41) is 2.62. The van der Waals surface area contributed by atoms with Gasteiger partial charge < -0.3 is 10.1 Å². The summed E-state index contributed by atoms with van der Waals surface area (Å²) in [6, 6.07) is 0. The van der Waals surface area contributed by atoms with Crippen molar-refractivity contribution < 1.29 is 14.4 Å². The van der Waals surface area contributed by atoms with Crippen molar-refractivity contribution in [1.29, 1.82) is 0 Å². The number of rotatable bonds is 4. The van der Waals surface area contributed by atoms with E-state index >= 15 is 0 Å². The zero-order valence-corrected chi connectivity index (χ0v) is 11.1. The van der Waals surface area contributed by atoms with Crippen molar-refractivity contribution in [2.24, 2.45) is 0 Å². The Morgan fingerprint density at radius 3 is 2.00 bits per heavy atom. The highest BCUT2D eigenvalue weighted by Crippen LogP contribution is 2.06. The number of ether oxygens (including phenoxy) is 1. The minimum atomic E-state index is -0.459. The molecule has 0 spiro atoms. The molecule has 0 unspecified atom stereocenters. The third kappa shape index (κ3) is 11.3. The van der Waals surface area contributed by atoms with Crippen molar-refractivity contribution in [3.8, 4) is 0 Å². The van der Waals surface area contributed by atoms with Crippen molar-refractivity contribution in [1.82, 2.24) is 10.8 Å². The van der Waals surface area contributed by atoms with Gasteiger partial charge in [-0.3, -0.25) is 4.84 Å². The lowest BCUT2D eigenvalue weighted by Crippen LogP contribution is -2.38. The van der Waals surface area contributed by atoms with Gasteiger partial charge >= 0.3 is 6.09 Å². The third-order valence-corrected chi connectivity index (χ3v) is 1.27. The van der Waals surface area contributed by atoms with Crippen LogP contribution in [0, 0.1) is 0 Å². The molecule has 0 fully saturated rings. The number of hydroxylamine groups is 1. The van der Waals surface area contributed by atoms with Gasteiger partial charge in [0, 0.05) is 13.1 Å². The molecule has 0 bridgehead atoms. The fourth-order valence-electron chi connectivity index (χ4n) is 0.797. The van der Waals surface area contributed by atoms with Gasteiger partial charge in [0.2, 0.25) is 0 Å². The quantitative estimate of drug-likeness (QED) is 0.573. The Balaban J connectivity index is 3.50. The fourth-order valence-corrected chi connectivity index (χ4v) is 0.797. The van der Waals surface area contributed by atoms with Gasteiger partial charge in [0.05, 0.1) is 5.60 Å². The second-order valence-electron chi connectivity index (χ2n) is 5.54. The number of carbonyl (C=O) groups is 1. The van der Waals surface area contributed by atoms with Crippen LogP contribution in [0.5, 0.6) is 0 Å². The van der Waals surface area contributed by atoms with Crippen LogP contribution in [0.15, 0.2) is 0 Å². The van der Waals surface area contributed by atoms with Crippen LogP contribution in [0.25, 0.3) is 0 Å². The van der Waals surface area contributed by atoms with Crippen LogP contribution < -0.4 is 10.8 Å². The van der Waals surface area contributed by atoms with Gasteiger partial charge in [-0.15, -0.1) is 0 Å². The van der Waals surface area contributed by atoms with Gasteiger partial charge in [-0.1, -0.05) is 0 Å². The van der Waals surface area contributed by atoms with Gasteiger partial charge in [0.25, 0.3) is 0 Å². The SMILES string of the molecule is CC(C)(C)ONCCNC(=O)OC(C)(C)C. The Bertz CT molecular complexity index is 216.